The molecule has 4 aromatic carbocycles. The second-order valence-electron chi connectivity index (χ2n) is 16.0. The Hall–Kier alpha value is -6.51. The summed E-state index contributed by atoms with van der Waals surface area (Å²) in [5.74, 6) is -3.42. The van der Waals surface area contributed by atoms with Crippen molar-refractivity contribution < 1.29 is 41.1 Å². The van der Waals surface area contributed by atoms with Gasteiger partial charge in [0.15, 0.2) is 0 Å². The second kappa shape index (κ2) is 19.7. The van der Waals surface area contributed by atoms with Crippen LogP contribution < -0.4 is 21.3 Å². The van der Waals surface area contributed by atoms with Crippen LogP contribution in [0.3, 0.4) is 0 Å². The first-order valence-electron chi connectivity index (χ1n) is 21.1. The Labute approximate surface area is 361 Å². The number of amides is 4. The zero-order valence-corrected chi connectivity index (χ0v) is 35.0. The quantitative estimate of drug-likeness (QED) is 0.103. The summed E-state index contributed by atoms with van der Waals surface area (Å²) in [5.41, 5.74) is 3.27. The van der Waals surface area contributed by atoms with Gasteiger partial charge in [0.2, 0.25) is 0 Å². The molecule has 2 aromatic heterocycles. The van der Waals surface area contributed by atoms with E-state index in [1.165, 1.54) is 43.6 Å². The first-order chi connectivity index (χ1) is 30.4. The van der Waals surface area contributed by atoms with Crippen LogP contribution in [-0.2, 0) is 13.1 Å². The lowest BCUT2D eigenvalue weighted by Crippen LogP contribution is -2.43. The molecule has 4 unspecified atom stereocenters. The lowest BCUT2D eigenvalue weighted by atomic mass is 9.93. The maximum atomic E-state index is 14.7. The van der Waals surface area contributed by atoms with Gasteiger partial charge < -0.3 is 30.4 Å². The van der Waals surface area contributed by atoms with E-state index in [1.54, 1.807) is 58.8 Å². The third kappa shape index (κ3) is 9.92. The summed E-state index contributed by atoms with van der Waals surface area (Å²) in [6.45, 7) is 0.559. The third-order valence-electron chi connectivity index (χ3n) is 11.9. The molecule has 10 nitrogen and oxygen atoms in total. The Morgan fingerprint density at radius 3 is 1.46 bits per heavy atom. The molecule has 6 aromatic rings. The summed E-state index contributed by atoms with van der Waals surface area (Å²) in [5, 5.41) is 10.8. The van der Waals surface area contributed by atoms with Gasteiger partial charge in [0, 0.05) is 55.9 Å². The zero-order valence-electron chi connectivity index (χ0n) is 35.0. The van der Waals surface area contributed by atoms with E-state index < -0.39 is 59.6 Å². The number of fused-ring (bicyclic) bond motifs is 2. The third-order valence-corrected chi connectivity index (χ3v) is 11.9. The van der Waals surface area contributed by atoms with Gasteiger partial charge in [-0.1, -0.05) is 56.0 Å². The first-order valence-corrected chi connectivity index (χ1v) is 21.1. The minimum absolute atomic E-state index is 0.0759. The number of carbonyl (C=O) groups is 4. The van der Waals surface area contributed by atoms with Gasteiger partial charge in [0.05, 0.1) is 39.8 Å². The van der Waals surface area contributed by atoms with Gasteiger partial charge in [-0.05, 0) is 85.3 Å². The molecule has 0 radical (unpaired) electrons. The van der Waals surface area contributed by atoms with Crippen molar-refractivity contribution in [2.24, 2.45) is 0 Å². The molecule has 0 bridgehead atoms. The van der Waals surface area contributed by atoms with E-state index in [2.05, 4.69) is 21.3 Å². The highest BCUT2D eigenvalue weighted by atomic mass is 19.1. The highest BCUT2D eigenvalue weighted by Crippen LogP contribution is 2.29. The topological polar surface area (TPSA) is 126 Å². The molecule has 2 heterocycles. The smallest absolute Gasteiger partial charge is 0.253 e. The Bertz CT molecular complexity index is 2640. The molecule has 0 aliphatic heterocycles. The van der Waals surface area contributed by atoms with E-state index in [0.717, 1.165) is 31.2 Å². The molecule has 4 N–H and O–H groups in total. The zero-order chi connectivity index (χ0) is 44.8. The molecular weight excluding hydrogens is 820 g/mol. The van der Waals surface area contributed by atoms with Crippen molar-refractivity contribution in [1.29, 1.82) is 0 Å². The molecule has 2 fully saturated rings. The lowest BCUT2D eigenvalue weighted by molar-refractivity contribution is 0.0878. The van der Waals surface area contributed by atoms with Crippen molar-refractivity contribution >= 4 is 45.4 Å². The Morgan fingerprint density at radius 1 is 0.540 bits per heavy atom. The SMILES string of the molecule is CNC(=O)c1ccc(Cn2cc(C(=O)NC3CCCCC3F)c3c(F)cccc32)cc1.CNC(=O)c1ccc(Cn2cc(C(=O)NC3CCCCC3F)c3c(F)cccc32)cc1F. The number of nitrogens with zero attached hydrogens (tertiary/aromatic N) is 2. The van der Waals surface area contributed by atoms with Crippen LogP contribution in [0.15, 0.2) is 91.3 Å². The Kier molecular flexibility index (Phi) is 13.9. The number of nitrogens with one attached hydrogen (secondary N) is 4. The summed E-state index contributed by atoms with van der Waals surface area (Å²) in [6.07, 6.45) is 6.21. The fourth-order valence-electron chi connectivity index (χ4n) is 8.49. The van der Waals surface area contributed by atoms with Crippen molar-refractivity contribution in [2.75, 3.05) is 14.1 Å². The summed E-state index contributed by atoms with van der Waals surface area (Å²) in [7, 11) is 2.99. The average molecular weight is 869 g/mol. The van der Waals surface area contributed by atoms with Crippen LogP contribution in [0, 0.1) is 17.5 Å². The molecule has 0 spiro atoms. The van der Waals surface area contributed by atoms with Gasteiger partial charge in [0.1, 0.15) is 29.8 Å². The highest BCUT2D eigenvalue weighted by Gasteiger charge is 2.30. The number of halogens is 5. The average Bonchev–Trinajstić information content (AvgIpc) is 3.85. The van der Waals surface area contributed by atoms with E-state index in [0.29, 0.717) is 54.4 Å². The number of rotatable bonds is 10. The molecule has 4 atom stereocenters. The van der Waals surface area contributed by atoms with Crippen molar-refractivity contribution in [3.05, 3.63) is 142 Å². The fraction of sp³-hybridized carbons (Fsp3) is 0.333. The normalized spacial score (nSPS) is 18.6. The van der Waals surface area contributed by atoms with Crippen LogP contribution in [0.25, 0.3) is 21.8 Å². The van der Waals surface area contributed by atoms with Crippen molar-refractivity contribution in [1.82, 2.24) is 30.4 Å². The standard InChI is InChI=1S/C24H24F3N3O2.C24H25F2N3O2/c1-28-23(31)15-10-9-14(11-19(15)27)12-30-13-16(22-18(26)6-4-8-21(22)30)24(32)29-20-7-3-2-5-17(20)25;1-27-23(30)16-11-9-15(10-12-16)13-29-14-17(22-19(26)6-4-8-21(22)29)24(31)28-20-7-3-2-5-18(20)25/h4,6,8-11,13,17,20H,2-3,5,7,12H2,1H3,(H,28,31)(H,29,32);4,6,8-12,14,18,20H,2-3,5,7,13H2,1H3,(H,27,30)(H,28,31). The van der Waals surface area contributed by atoms with Gasteiger partial charge in [-0.2, -0.15) is 0 Å². The molecule has 2 aliphatic carbocycles. The molecule has 330 valence electrons. The minimum Gasteiger partial charge on any atom is -0.355 e. The summed E-state index contributed by atoms with van der Waals surface area (Å²) < 4.78 is 75.6. The number of benzene rings is 4. The minimum atomic E-state index is -1.12. The van der Waals surface area contributed by atoms with Crippen LogP contribution >= 0.6 is 0 Å². The van der Waals surface area contributed by atoms with Gasteiger partial charge in [0.25, 0.3) is 23.6 Å². The molecule has 8 rings (SSSR count). The number of hydrogen-bond acceptors (Lipinski definition) is 4. The number of alkyl halides is 2. The number of hydrogen-bond donors (Lipinski definition) is 4. The summed E-state index contributed by atoms with van der Waals surface area (Å²) >= 11 is 0. The van der Waals surface area contributed by atoms with E-state index in [4.69, 9.17) is 0 Å². The maximum Gasteiger partial charge on any atom is 0.253 e. The first kappa shape index (κ1) is 44.5. The predicted octanol–water partition coefficient (Wildman–Crippen LogP) is 8.54. The summed E-state index contributed by atoms with van der Waals surface area (Å²) in [6, 6.07) is 19.3. The van der Waals surface area contributed by atoms with Gasteiger partial charge in [-0.3, -0.25) is 19.2 Å². The van der Waals surface area contributed by atoms with Crippen LogP contribution in [0.2, 0.25) is 0 Å². The van der Waals surface area contributed by atoms with E-state index >= 15 is 0 Å². The molecule has 15 heteroatoms. The molecule has 63 heavy (non-hydrogen) atoms. The summed E-state index contributed by atoms with van der Waals surface area (Å²) in [4.78, 5) is 49.3. The molecule has 0 saturated heterocycles. The van der Waals surface area contributed by atoms with E-state index in [9.17, 15) is 41.1 Å². The highest BCUT2D eigenvalue weighted by molar-refractivity contribution is 6.08. The molecule has 2 saturated carbocycles. The van der Waals surface area contributed by atoms with Crippen LogP contribution in [0.1, 0.15) is 104 Å². The number of carbonyl (C=O) groups excluding carboxylic acids is 4. The Morgan fingerprint density at radius 2 is 1.00 bits per heavy atom. The second-order valence-corrected chi connectivity index (χ2v) is 16.0. The van der Waals surface area contributed by atoms with Gasteiger partial charge >= 0.3 is 0 Å². The van der Waals surface area contributed by atoms with Crippen molar-refractivity contribution in [3.8, 4) is 0 Å². The van der Waals surface area contributed by atoms with E-state index in [-0.39, 0.29) is 39.9 Å². The van der Waals surface area contributed by atoms with E-state index in [1.807, 2.05) is 12.1 Å². The molecular formula is C48H49F5N6O4. The lowest BCUT2D eigenvalue weighted by Gasteiger charge is -2.26. The largest absolute Gasteiger partial charge is 0.355 e. The van der Waals surface area contributed by atoms with Gasteiger partial charge in [-0.15, -0.1) is 0 Å². The predicted molar refractivity (Wildman–Crippen MR) is 231 cm³/mol. The molecule has 4 amide bonds. The van der Waals surface area contributed by atoms with Crippen molar-refractivity contribution in [3.63, 3.8) is 0 Å². The van der Waals surface area contributed by atoms with Crippen molar-refractivity contribution in [2.45, 2.75) is 88.9 Å². The fourth-order valence-corrected chi connectivity index (χ4v) is 8.49. The monoisotopic (exact) mass is 868 g/mol. The maximum absolute atomic E-state index is 14.7. The van der Waals surface area contributed by atoms with Crippen LogP contribution in [0.4, 0.5) is 22.0 Å². The van der Waals surface area contributed by atoms with Crippen LogP contribution in [-0.4, -0.2) is 71.3 Å². The molecule has 2 aliphatic rings. The van der Waals surface area contributed by atoms with Crippen LogP contribution in [0.5, 0.6) is 0 Å². The Balaban J connectivity index is 0.000000189. The van der Waals surface area contributed by atoms with Gasteiger partial charge in [-0.25, -0.2) is 22.0 Å². The number of aromatic nitrogens is 2.